The fourth-order valence-electron chi connectivity index (χ4n) is 1.68. The molecular weight excluding hydrogens is 272 g/mol. The normalized spacial score (nSPS) is 10.3. The van der Waals surface area contributed by atoms with Crippen LogP contribution in [0.15, 0.2) is 36.4 Å². The Balaban J connectivity index is 2.19. The second-order valence-corrected chi connectivity index (χ2v) is 4.29. The molecule has 19 heavy (non-hydrogen) atoms. The molecule has 0 saturated carbocycles. The minimum atomic E-state index is -0.738. The maximum atomic E-state index is 13.4. The van der Waals surface area contributed by atoms with Crippen molar-refractivity contribution in [2.75, 3.05) is 12.4 Å². The molecule has 0 atom stereocenters. The summed E-state index contributed by atoms with van der Waals surface area (Å²) in [6, 6.07) is 8.54. The lowest BCUT2D eigenvalue weighted by atomic mass is 10.2. The predicted octanol–water partition coefficient (Wildman–Crippen LogP) is 4.24. The molecule has 0 amide bonds. The van der Waals surface area contributed by atoms with Gasteiger partial charge in [-0.15, -0.1) is 0 Å². The number of halogens is 3. The van der Waals surface area contributed by atoms with Crippen molar-refractivity contribution in [3.8, 4) is 5.75 Å². The maximum absolute atomic E-state index is 13.4. The quantitative estimate of drug-likeness (QED) is 0.906. The number of nitrogens with one attached hydrogen (secondary N) is 1. The highest BCUT2D eigenvalue weighted by Gasteiger charge is 2.09. The number of ether oxygens (including phenoxy) is 1. The Morgan fingerprint density at radius 2 is 2.00 bits per heavy atom. The lowest BCUT2D eigenvalue weighted by Gasteiger charge is -2.12. The molecule has 0 aliphatic carbocycles. The maximum Gasteiger partial charge on any atom is 0.167 e. The molecule has 2 rings (SSSR count). The van der Waals surface area contributed by atoms with E-state index in [4.69, 9.17) is 16.3 Å². The first-order valence-corrected chi connectivity index (χ1v) is 6.02. The Morgan fingerprint density at radius 1 is 1.21 bits per heavy atom. The monoisotopic (exact) mass is 283 g/mol. The van der Waals surface area contributed by atoms with Crippen molar-refractivity contribution in [2.24, 2.45) is 0 Å². The third kappa shape index (κ3) is 3.15. The fourth-order valence-corrected chi connectivity index (χ4v) is 1.91. The van der Waals surface area contributed by atoms with Crippen LogP contribution in [0.3, 0.4) is 0 Å². The molecule has 2 aromatic rings. The first-order valence-electron chi connectivity index (χ1n) is 5.65. The molecule has 0 fully saturated rings. The third-order valence-electron chi connectivity index (χ3n) is 2.65. The SMILES string of the molecule is CNc1cccc(Cl)c1COc1ccc(F)cc1F. The summed E-state index contributed by atoms with van der Waals surface area (Å²) < 4.78 is 31.5. The molecule has 0 heterocycles. The molecule has 0 aliphatic rings. The van der Waals surface area contributed by atoms with E-state index in [9.17, 15) is 8.78 Å². The molecule has 0 unspecified atom stereocenters. The Morgan fingerprint density at radius 3 is 2.68 bits per heavy atom. The minimum Gasteiger partial charge on any atom is -0.486 e. The number of anilines is 1. The van der Waals surface area contributed by atoms with E-state index in [-0.39, 0.29) is 12.4 Å². The van der Waals surface area contributed by atoms with Crippen molar-refractivity contribution in [3.63, 3.8) is 0 Å². The molecule has 0 saturated heterocycles. The van der Waals surface area contributed by atoms with Gasteiger partial charge in [-0.2, -0.15) is 0 Å². The molecule has 100 valence electrons. The highest BCUT2D eigenvalue weighted by atomic mass is 35.5. The van der Waals surface area contributed by atoms with Crippen LogP contribution in [0.5, 0.6) is 5.75 Å². The first-order chi connectivity index (χ1) is 9.11. The van der Waals surface area contributed by atoms with Crippen molar-refractivity contribution < 1.29 is 13.5 Å². The average Bonchev–Trinajstić information content (AvgIpc) is 2.39. The van der Waals surface area contributed by atoms with Gasteiger partial charge in [0, 0.05) is 29.4 Å². The predicted molar refractivity (Wildman–Crippen MR) is 71.7 cm³/mol. The van der Waals surface area contributed by atoms with Crippen LogP contribution in [0.2, 0.25) is 5.02 Å². The van der Waals surface area contributed by atoms with Crippen LogP contribution >= 0.6 is 11.6 Å². The van der Waals surface area contributed by atoms with Gasteiger partial charge in [-0.25, -0.2) is 8.78 Å². The van der Waals surface area contributed by atoms with Gasteiger partial charge < -0.3 is 10.1 Å². The van der Waals surface area contributed by atoms with E-state index in [1.807, 2.05) is 6.07 Å². The summed E-state index contributed by atoms with van der Waals surface area (Å²) in [4.78, 5) is 0. The van der Waals surface area contributed by atoms with Crippen molar-refractivity contribution in [1.82, 2.24) is 0 Å². The van der Waals surface area contributed by atoms with Crippen LogP contribution in [0.1, 0.15) is 5.56 Å². The molecule has 0 aromatic heterocycles. The van der Waals surface area contributed by atoms with Gasteiger partial charge in [0.1, 0.15) is 12.4 Å². The lowest BCUT2D eigenvalue weighted by molar-refractivity contribution is 0.290. The van der Waals surface area contributed by atoms with Crippen molar-refractivity contribution in [3.05, 3.63) is 58.6 Å². The number of rotatable bonds is 4. The Labute approximate surface area is 115 Å². The Kier molecular flexibility index (Phi) is 4.22. The summed E-state index contributed by atoms with van der Waals surface area (Å²) >= 11 is 6.07. The van der Waals surface area contributed by atoms with Gasteiger partial charge in [-0.05, 0) is 24.3 Å². The summed E-state index contributed by atoms with van der Waals surface area (Å²) in [5.41, 5.74) is 1.52. The Bertz CT molecular complexity index is 590. The first kappa shape index (κ1) is 13.6. The topological polar surface area (TPSA) is 21.3 Å². The van der Waals surface area contributed by atoms with Crippen molar-refractivity contribution >= 4 is 17.3 Å². The van der Waals surface area contributed by atoms with Crippen molar-refractivity contribution in [2.45, 2.75) is 6.61 Å². The van der Waals surface area contributed by atoms with E-state index < -0.39 is 11.6 Å². The summed E-state index contributed by atoms with van der Waals surface area (Å²) in [6.45, 7) is 0.0956. The van der Waals surface area contributed by atoms with Crippen LogP contribution in [0.4, 0.5) is 14.5 Å². The van der Waals surface area contributed by atoms with Gasteiger partial charge >= 0.3 is 0 Å². The van der Waals surface area contributed by atoms with E-state index in [0.29, 0.717) is 5.02 Å². The zero-order valence-electron chi connectivity index (χ0n) is 10.2. The average molecular weight is 284 g/mol. The van der Waals surface area contributed by atoms with Gasteiger partial charge in [0.15, 0.2) is 11.6 Å². The number of hydrogen-bond donors (Lipinski definition) is 1. The van der Waals surface area contributed by atoms with E-state index in [2.05, 4.69) is 5.32 Å². The molecule has 0 spiro atoms. The summed E-state index contributed by atoms with van der Waals surface area (Å²) in [6.07, 6.45) is 0. The fraction of sp³-hybridized carbons (Fsp3) is 0.143. The van der Waals surface area contributed by atoms with E-state index >= 15 is 0 Å². The zero-order chi connectivity index (χ0) is 13.8. The second kappa shape index (κ2) is 5.89. The van der Waals surface area contributed by atoms with E-state index in [1.54, 1.807) is 19.2 Å². The molecule has 5 heteroatoms. The van der Waals surface area contributed by atoms with Gasteiger partial charge in [0.25, 0.3) is 0 Å². The summed E-state index contributed by atoms with van der Waals surface area (Å²) in [5, 5.41) is 3.50. The summed E-state index contributed by atoms with van der Waals surface area (Å²) in [7, 11) is 1.76. The highest BCUT2D eigenvalue weighted by Crippen LogP contribution is 2.26. The second-order valence-electron chi connectivity index (χ2n) is 3.88. The molecule has 2 aromatic carbocycles. The molecule has 0 aliphatic heterocycles. The van der Waals surface area contributed by atoms with Crippen LogP contribution in [0.25, 0.3) is 0 Å². The molecule has 2 nitrogen and oxygen atoms in total. The Hall–Kier alpha value is -1.81. The van der Waals surface area contributed by atoms with Crippen LogP contribution in [-0.2, 0) is 6.61 Å². The van der Waals surface area contributed by atoms with E-state index in [1.165, 1.54) is 6.07 Å². The number of hydrogen-bond acceptors (Lipinski definition) is 2. The van der Waals surface area contributed by atoms with Crippen LogP contribution in [0, 0.1) is 11.6 Å². The van der Waals surface area contributed by atoms with Crippen LogP contribution < -0.4 is 10.1 Å². The van der Waals surface area contributed by atoms with Gasteiger partial charge in [0.05, 0.1) is 0 Å². The van der Waals surface area contributed by atoms with E-state index in [0.717, 1.165) is 23.4 Å². The third-order valence-corrected chi connectivity index (χ3v) is 3.01. The summed E-state index contributed by atoms with van der Waals surface area (Å²) in [5.74, 6) is -1.39. The van der Waals surface area contributed by atoms with Gasteiger partial charge in [-0.1, -0.05) is 17.7 Å². The van der Waals surface area contributed by atoms with Gasteiger partial charge in [0.2, 0.25) is 0 Å². The molecule has 0 bridgehead atoms. The van der Waals surface area contributed by atoms with Crippen molar-refractivity contribution in [1.29, 1.82) is 0 Å². The largest absolute Gasteiger partial charge is 0.486 e. The van der Waals surface area contributed by atoms with Crippen LogP contribution in [-0.4, -0.2) is 7.05 Å². The molecule has 0 radical (unpaired) electrons. The minimum absolute atomic E-state index is 0.0108. The highest BCUT2D eigenvalue weighted by molar-refractivity contribution is 6.31. The molecule has 1 N–H and O–H groups in total. The van der Waals surface area contributed by atoms with Gasteiger partial charge in [-0.3, -0.25) is 0 Å². The zero-order valence-corrected chi connectivity index (χ0v) is 11.0. The molecular formula is C14H12ClF2NO. The smallest absolute Gasteiger partial charge is 0.167 e. The standard InChI is InChI=1S/C14H12ClF2NO/c1-18-13-4-2-3-11(15)10(13)8-19-14-6-5-9(16)7-12(14)17/h2-7,18H,8H2,1H3. The lowest BCUT2D eigenvalue weighted by Crippen LogP contribution is -2.02. The number of benzene rings is 2.